The van der Waals surface area contributed by atoms with E-state index in [9.17, 15) is 0 Å². The molecule has 0 radical (unpaired) electrons. The van der Waals surface area contributed by atoms with Crippen molar-refractivity contribution in [2.24, 2.45) is 28.0 Å². The van der Waals surface area contributed by atoms with Gasteiger partial charge >= 0.3 is 0 Å². The van der Waals surface area contributed by atoms with Gasteiger partial charge < -0.3 is 11.1 Å². The van der Waals surface area contributed by atoms with Crippen molar-refractivity contribution >= 4 is 5.96 Å². The van der Waals surface area contributed by atoms with Crippen LogP contribution in [0.25, 0.3) is 0 Å². The van der Waals surface area contributed by atoms with Crippen molar-refractivity contribution in [1.82, 2.24) is 5.32 Å². The fourth-order valence-electron chi connectivity index (χ4n) is 2.32. The van der Waals surface area contributed by atoms with Gasteiger partial charge in [-0.25, -0.2) is 0 Å². The van der Waals surface area contributed by atoms with E-state index in [1.807, 2.05) is 0 Å². The molecule has 0 unspecified atom stereocenters. The number of hydrogen-bond acceptors (Lipinski definition) is 1. The summed E-state index contributed by atoms with van der Waals surface area (Å²) in [5, 5.41) is 3.25. The maximum Gasteiger partial charge on any atom is 0.188 e. The van der Waals surface area contributed by atoms with Gasteiger partial charge in [-0.2, -0.15) is 0 Å². The molecule has 0 atom stereocenters. The average Bonchev–Trinajstić information content (AvgIpc) is 2.93. The predicted octanol–water partition coefficient (Wildman–Crippen LogP) is 2.13. The Balaban J connectivity index is 1.69. The summed E-state index contributed by atoms with van der Waals surface area (Å²) in [5.41, 5.74) is 6.35. The Kier molecular flexibility index (Phi) is 3.41. The van der Waals surface area contributed by atoms with Gasteiger partial charge in [0.2, 0.25) is 0 Å². The van der Waals surface area contributed by atoms with Crippen LogP contribution in [0.5, 0.6) is 0 Å². The molecular weight excluding hydrogens is 198 g/mol. The molecule has 0 spiro atoms. The summed E-state index contributed by atoms with van der Waals surface area (Å²) in [6, 6.07) is 0. The van der Waals surface area contributed by atoms with Crippen molar-refractivity contribution < 1.29 is 0 Å². The number of nitrogens with zero attached hydrogens (tertiary/aromatic N) is 1. The first-order valence-corrected chi connectivity index (χ1v) is 6.66. The van der Waals surface area contributed by atoms with Crippen molar-refractivity contribution in [3.63, 3.8) is 0 Å². The highest BCUT2D eigenvalue weighted by Crippen LogP contribution is 2.51. The van der Waals surface area contributed by atoms with Gasteiger partial charge in [-0.15, -0.1) is 0 Å². The lowest BCUT2D eigenvalue weighted by atomic mass is 9.85. The molecule has 0 aromatic carbocycles. The first kappa shape index (κ1) is 11.7. The van der Waals surface area contributed by atoms with E-state index in [1.165, 1.54) is 32.1 Å². The third-order valence-electron chi connectivity index (χ3n) is 4.48. The van der Waals surface area contributed by atoms with Crippen LogP contribution in [0.2, 0.25) is 0 Å². The third-order valence-corrected chi connectivity index (χ3v) is 4.48. The molecule has 16 heavy (non-hydrogen) atoms. The molecule has 2 saturated carbocycles. The molecule has 3 N–H and O–H groups in total. The fraction of sp³-hybridized carbons (Fsp3) is 0.923. The second-order valence-corrected chi connectivity index (χ2v) is 5.90. The Hall–Kier alpha value is -0.730. The molecule has 3 nitrogen and oxygen atoms in total. The predicted molar refractivity (Wildman–Crippen MR) is 68.3 cm³/mol. The molecule has 0 saturated heterocycles. The number of nitrogens with two attached hydrogens (primary N) is 1. The van der Waals surface area contributed by atoms with E-state index >= 15 is 0 Å². The zero-order valence-corrected chi connectivity index (χ0v) is 10.6. The van der Waals surface area contributed by atoms with E-state index in [0.717, 1.165) is 24.9 Å². The molecule has 92 valence electrons. The topological polar surface area (TPSA) is 50.4 Å². The summed E-state index contributed by atoms with van der Waals surface area (Å²) in [6.07, 6.45) is 6.75. The SMILES string of the molecule is CC(C)C1(CN=C(N)NCC2CCC2)CC1. The second-order valence-electron chi connectivity index (χ2n) is 5.90. The summed E-state index contributed by atoms with van der Waals surface area (Å²) in [7, 11) is 0. The van der Waals surface area contributed by atoms with Crippen molar-refractivity contribution in [1.29, 1.82) is 0 Å². The van der Waals surface area contributed by atoms with Crippen LogP contribution in [0.1, 0.15) is 46.0 Å². The van der Waals surface area contributed by atoms with E-state index in [2.05, 4.69) is 24.2 Å². The smallest absolute Gasteiger partial charge is 0.188 e. The van der Waals surface area contributed by atoms with Crippen LogP contribution >= 0.6 is 0 Å². The van der Waals surface area contributed by atoms with Gasteiger partial charge in [0.15, 0.2) is 5.96 Å². The Morgan fingerprint density at radius 1 is 1.44 bits per heavy atom. The van der Waals surface area contributed by atoms with E-state index in [1.54, 1.807) is 0 Å². The first-order chi connectivity index (χ1) is 7.62. The summed E-state index contributed by atoms with van der Waals surface area (Å²) in [4.78, 5) is 4.49. The van der Waals surface area contributed by atoms with E-state index in [-0.39, 0.29) is 0 Å². The van der Waals surface area contributed by atoms with Gasteiger partial charge in [-0.05, 0) is 42.9 Å². The van der Waals surface area contributed by atoms with Crippen LogP contribution in [0, 0.1) is 17.3 Å². The summed E-state index contributed by atoms with van der Waals surface area (Å²) in [5.74, 6) is 2.23. The molecule has 2 aliphatic rings. The number of nitrogens with one attached hydrogen (secondary N) is 1. The monoisotopic (exact) mass is 223 g/mol. The quantitative estimate of drug-likeness (QED) is 0.554. The van der Waals surface area contributed by atoms with E-state index < -0.39 is 0 Å². The molecule has 0 aromatic rings. The highest BCUT2D eigenvalue weighted by molar-refractivity contribution is 5.77. The molecule has 2 aliphatic carbocycles. The number of hydrogen-bond donors (Lipinski definition) is 2. The summed E-state index contributed by atoms with van der Waals surface area (Å²) < 4.78 is 0. The minimum atomic E-state index is 0.475. The van der Waals surface area contributed by atoms with Gasteiger partial charge in [-0.1, -0.05) is 20.3 Å². The summed E-state index contributed by atoms with van der Waals surface area (Å²) in [6.45, 7) is 6.51. The van der Waals surface area contributed by atoms with E-state index in [0.29, 0.717) is 11.4 Å². The van der Waals surface area contributed by atoms with Gasteiger partial charge in [0.25, 0.3) is 0 Å². The maximum atomic E-state index is 5.87. The molecule has 0 bridgehead atoms. The van der Waals surface area contributed by atoms with E-state index in [4.69, 9.17) is 5.73 Å². The van der Waals surface area contributed by atoms with Gasteiger partial charge in [0.05, 0.1) is 0 Å². The van der Waals surface area contributed by atoms with Crippen LogP contribution in [-0.2, 0) is 0 Å². The van der Waals surface area contributed by atoms with Crippen LogP contribution in [0.3, 0.4) is 0 Å². The number of rotatable bonds is 5. The first-order valence-electron chi connectivity index (χ1n) is 6.66. The van der Waals surface area contributed by atoms with Crippen molar-refractivity contribution in [2.75, 3.05) is 13.1 Å². The molecule has 3 heteroatoms. The molecule has 0 aromatic heterocycles. The molecule has 2 rings (SSSR count). The lowest BCUT2D eigenvalue weighted by molar-refractivity contribution is 0.315. The van der Waals surface area contributed by atoms with Gasteiger partial charge in [0.1, 0.15) is 0 Å². The highest BCUT2D eigenvalue weighted by atomic mass is 15.1. The zero-order valence-electron chi connectivity index (χ0n) is 10.6. The van der Waals surface area contributed by atoms with Gasteiger partial charge in [-0.3, -0.25) is 4.99 Å². The van der Waals surface area contributed by atoms with Crippen molar-refractivity contribution in [2.45, 2.75) is 46.0 Å². The fourth-order valence-corrected chi connectivity index (χ4v) is 2.32. The average molecular weight is 223 g/mol. The molecule has 0 amide bonds. The Morgan fingerprint density at radius 2 is 2.12 bits per heavy atom. The number of aliphatic imine (C=N–C) groups is 1. The minimum absolute atomic E-state index is 0.475. The number of guanidine groups is 1. The third kappa shape index (κ3) is 2.69. The Bertz CT molecular complexity index is 262. The largest absolute Gasteiger partial charge is 0.370 e. The zero-order chi connectivity index (χ0) is 11.6. The Morgan fingerprint density at radius 3 is 2.56 bits per heavy atom. The van der Waals surface area contributed by atoms with Crippen LogP contribution < -0.4 is 11.1 Å². The second kappa shape index (κ2) is 4.64. The van der Waals surface area contributed by atoms with Crippen LogP contribution in [0.4, 0.5) is 0 Å². The van der Waals surface area contributed by atoms with Gasteiger partial charge in [0, 0.05) is 13.1 Å². The lowest BCUT2D eigenvalue weighted by Crippen LogP contribution is -2.37. The minimum Gasteiger partial charge on any atom is -0.370 e. The van der Waals surface area contributed by atoms with Crippen LogP contribution in [-0.4, -0.2) is 19.0 Å². The maximum absolute atomic E-state index is 5.87. The Labute approximate surface area is 98.9 Å². The lowest BCUT2D eigenvalue weighted by Gasteiger charge is -2.25. The molecule has 2 fully saturated rings. The van der Waals surface area contributed by atoms with Crippen LogP contribution in [0.15, 0.2) is 4.99 Å². The molecule has 0 heterocycles. The highest BCUT2D eigenvalue weighted by Gasteiger charge is 2.45. The summed E-state index contributed by atoms with van der Waals surface area (Å²) >= 11 is 0. The van der Waals surface area contributed by atoms with Crippen molar-refractivity contribution in [3.8, 4) is 0 Å². The normalized spacial score (nSPS) is 24.3. The van der Waals surface area contributed by atoms with Crippen molar-refractivity contribution in [3.05, 3.63) is 0 Å². The molecular formula is C13H25N3. The molecule has 0 aliphatic heterocycles. The standard InChI is InChI=1S/C13H25N3/c1-10(2)13(6-7-13)9-16-12(14)15-8-11-4-3-5-11/h10-11H,3-9H2,1-2H3,(H3,14,15,16).